The van der Waals surface area contributed by atoms with E-state index in [-0.39, 0.29) is 6.04 Å². The first-order chi connectivity index (χ1) is 22.6. The molecule has 2 aliphatic heterocycles. The lowest BCUT2D eigenvalue weighted by Gasteiger charge is -2.48. The molecule has 3 aliphatic rings. The third-order valence-electron chi connectivity index (χ3n) is 9.35. The Morgan fingerprint density at radius 3 is 2.33 bits per heavy atom. The number of amidine groups is 1. The summed E-state index contributed by atoms with van der Waals surface area (Å²) in [7, 11) is 0. The normalized spacial score (nSPS) is 21.1. The average Bonchev–Trinajstić information content (AvgIpc) is 3.42. The molecule has 4 aromatic carbocycles. The van der Waals surface area contributed by atoms with Crippen LogP contribution in [0.15, 0.2) is 162 Å². The van der Waals surface area contributed by atoms with Crippen LogP contribution in [0.25, 0.3) is 16.8 Å². The molecule has 0 saturated carbocycles. The summed E-state index contributed by atoms with van der Waals surface area (Å²) in [5.41, 5.74) is 12.1. The number of para-hydroxylation sites is 2. The van der Waals surface area contributed by atoms with Crippen LogP contribution in [-0.4, -0.2) is 23.6 Å². The van der Waals surface area contributed by atoms with Crippen LogP contribution in [0.3, 0.4) is 0 Å². The van der Waals surface area contributed by atoms with Crippen molar-refractivity contribution >= 4 is 40.8 Å². The highest BCUT2D eigenvalue weighted by molar-refractivity contribution is 6.13. The summed E-state index contributed by atoms with van der Waals surface area (Å²) in [6, 6.07) is 38.5. The summed E-state index contributed by atoms with van der Waals surface area (Å²) in [4.78, 5) is 17.0. The van der Waals surface area contributed by atoms with Crippen molar-refractivity contribution in [2.45, 2.75) is 18.4 Å². The van der Waals surface area contributed by atoms with Gasteiger partial charge in [-0.2, -0.15) is 0 Å². The molecule has 3 heterocycles. The lowest BCUT2D eigenvalue weighted by Crippen LogP contribution is -2.41. The van der Waals surface area contributed by atoms with Gasteiger partial charge in [0.15, 0.2) is 5.84 Å². The molecule has 220 valence electrons. The maximum absolute atomic E-state index is 5.40. The van der Waals surface area contributed by atoms with Gasteiger partial charge >= 0.3 is 0 Å². The van der Waals surface area contributed by atoms with E-state index >= 15 is 0 Å². The summed E-state index contributed by atoms with van der Waals surface area (Å²) in [5, 5.41) is 0. The number of rotatable bonds is 3. The molecule has 1 spiro atoms. The second-order valence-electron chi connectivity index (χ2n) is 11.8. The number of aliphatic imine (C=N–C) groups is 2. The smallest absolute Gasteiger partial charge is 0.159 e. The standard InChI is InChI=1S/C42H32N4/c1-28-15-7-8-16-29(2)46-37-25-12-11-23-35(37)42(36-24-13-21-32(28)40(36)46)34-22-10-9-20-33(34)39(38(42)31-19-14-26-44-27-31)45-41(43-3)30-17-5-4-6-18-30/h4-27,29H,1,3H2,2H3/b15-7-,16-8-,45-41-. The number of allylic oxidation sites excluding steroid dienone is 5. The van der Waals surface area contributed by atoms with Gasteiger partial charge in [0.05, 0.1) is 16.8 Å². The van der Waals surface area contributed by atoms with E-state index in [1.807, 2.05) is 48.8 Å². The van der Waals surface area contributed by atoms with Crippen LogP contribution in [0.4, 0.5) is 11.4 Å². The summed E-state index contributed by atoms with van der Waals surface area (Å²) in [6.45, 7) is 10.7. The quantitative estimate of drug-likeness (QED) is 0.155. The zero-order chi connectivity index (χ0) is 31.3. The Morgan fingerprint density at radius 2 is 1.52 bits per heavy atom. The highest BCUT2D eigenvalue weighted by atomic mass is 15.2. The first kappa shape index (κ1) is 27.7. The Balaban J connectivity index is 1.58. The number of benzene rings is 4. The summed E-state index contributed by atoms with van der Waals surface area (Å²) in [5.74, 6) is 0.576. The van der Waals surface area contributed by atoms with Crippen molar-refractivity contribution in [3.05, 3.63) is 191 Å². The number of hydrogen-bond donors (Lipinski definition) is 0. The van der Waals surface area contributed by atoms with Crippen LogP contribution in [0, 0.1) is 0 Å². The van der Waals surface area contributed by atoms with Gasteiger partial charge in [-0.1, -0.05) is 128 Å². The largest absolute Gasteiger partial charge is 0.334 e. The first-order valence-electron chi connectivity index (χ1n) is 15.6. The van der Waals surface area contributed by atoms with Crippen molar-refractivity contribution in [3.63, 3.8) is 0 Å². The third kappa shape index (κ3) is 3.97. The monoisotopic (exact) mass is 592 g/mol. The minimum Gasteiger partial charge on any atom is -0.334 e. The van der Waals surface area contributed by atoms with Gasteiger partial charge in [-0.3, -0.25) is 4.98 Å². The van der Waals surface area contributed by atoms with E-state index in [4.69, 9.17) is 4.99 Å². The number of aromatic nitrogens is 1. The van der Waals surface area contributed by atoms with E-state index < -0.39 is 5.41 Å². The highest BCUT2D eigenvalue weighted by Crippen LogP contribution is 2.65. The Kier molecular flexibility index (Phi) is 6.58. The van der Waals surface area contributed by atoms with E-state index in [9.17, 15) is 0 Å². The maximum Gasteiger partial charge on any atom is 0.159 e. The van der Waals surface area contributed by atoms with Crippen molar-refractivity contribution < 1.29 is 0 Å². The van der Waals surface area contributed by atoms with Gasteiger partial charge < -0.3 is 4.90 Å². The maximum atomic E-state index is 5.40. The zero-order valence-corrected chi connectivity index (χ0v) is 25.6. The second-order valence-corrected chi connectivity index (χ2v) is 11.8. The molecule has 2 atom stereocenters. The molecule has 8 rings (SSSR count). The fourth-order valence-corrected chi connectivity index (χ4v) is 7.51. The first-order valence-corrected chi connectivity index (χ1v) is 15.6. The van der Waals surface area contributed by atoms with E-state index in [1.165, 1.54) is 16.7 Å². The molecule has 1 aromatic heterocycles. The molecular weight excluding hydrogens is 560 g/mol. The molecule has 1 aliphatic carbocycles. The highest BCUT2D eigenvalue weighted by Gasteiger charge is 2.54. The molecule has 5 aromatic rings. The van der Waals surface area contributed by atoms with E-state index in [2.05, 4.69) is 132 Å². The molecule has 0 bridgehead atoms. The van der Waals surface area contributed by atoms with Crippen molar-refractivity contribution in [3.8, 4) is 0 Å². The van der Waals surface area contributed by atoms with Crippen molar-refractivity contribution in [1.82, 2.24) is 4.98 Å². The number of fused-ring (bicyclic) bond motifs is 6. The van der Waals surface area contributed by atoms with Crippen molar-refractivity contribution in [2.24, 2.45) is 9.98 Å². The summed E-state index contributed by atoms with van der Waals surface area (Å²) < 4.78 is 0. The molecule has 0 N–H and O–H groups in total. The topological polar surface area (TPSA) is 40.9 Å². The molecule has 0 radical (unpaired) electrons. The second kappa shape index (κ2) is 10.9. The molecule has 0 amide bonds. The number of pyridine rings is 1. The average molecular weight is 593 g/mol. The van der Waals surface area contributed by atoms with Gasteiger partial charge in [0.25, 0.3) is 0 Å². The Labute approximate surface area is 269 Å². The Bertz CT molecular complexity index is 2150. The third-order valence-corrected chi connectivity index (χ3v) is 9.35. The predicted octanol–water partition coefficient (Wildman–Crippen LogP) is 9.42. The number of nitrogens with zero attached hydrogens (tertiary/aromatic N) is 4. The van der Waals surface area contributed by atoms with Gasteiger partial charge in [-0.15, -0.1) is 0 Å². The lowest BCUT2D eigenvalue weighted by molar-refractivity contribution is 0.747. The fraction of sp³-hybridized carbons (Fsp3) is 0.0714. The van der Waals surface area contributed by atoms with E-state index in [1.54, 1.807) is 0 Å². The lowest BCUT2D eigenvalue weighted by atomic mass is 9.62. The van der Waals surface area contributed by atoms with E-state index in [0.717, 1.165) is 50.5 Å². The van der Waals surface area contributed by atoms with Crippen LogP contribution in [-0.2, 0) is 5.41 Å². The number of anilines is 2. The van der Waals surface area contributed by atoms with Crippen LogP contribution in [0.2, 0.25) is 0 Å². The predicted molar refractivity (Wildman–Crippen MR) is 192 cm³/mol. The van der Waals surface area contributed by atoms with Gasteiger partial charge in [-0.25, -0.2) is 9.98 Å². The van der Waals surface area contributed by atoms with Gasteiger partial charge in [0.1, 0.15) is 0 Å². The molecular formula is C42H32N4. The SMILES string of the molecule is C=N/C(=N\C1=C(c2cccnc2)C2(c3ccccc31)c1ccccc1N1c3c(cccc32)C(=C)/C=C\C=C/C1C)c1ccccc1. The molecule has 0 saturated heterocycles. The van der Waals surface area contributed by atoms with Crippen LogP contribution >= 0.6 is 0 Å². The minimum absolute atomic E-state index is 0.0866. The summed E-state index contributed by atoms with van der Waals surface area (Å²) in [6.07, 6.45) is 12.4. The minimum atomic E-state index is -0.707. The van der Waals surface area contributed by atoms with Crippen LogP contribution in [0.5, 0.6) is 0 Å². The Morgan fingerprint density at radius 1 is 0.783 bits per heavy atom. The van der Waals surface area contributed by atoms with Gasteiger partial charge in [0, 0.05) is 46.4 Å². The summed E-state index contributed by atoms with van der Waals surface area (Å²) >= 11 is 0. The molecule has 4 nitrogen and oxygen atoms in total. The molecule has 46 heavy (non-hydrogen) atoms. The van der Waals surface area contributed by atoms with Crippen LogP contribution in [0.1, 0.15) is 45.9 Å². The zero-order valence-electron chi connectivity index (χ0n) is 25.6. The van der Waals surface area contributed by atoms with Crippen LogP contribution < -0.4 is 4.90 Å². The van der Waals surface area contributed by atoms with E-state index in [0.29, 0.717) is 5.84 Å². The molecule has 4 heteroatoms. The van der Waals surface area contributed by atoms with Crippen molar-refractivity contribution in [1.29, 1.82) is 0 Å². The van der Waals surface area contributed by atoms with Gasteiger partial charge in [0.2, 0.25) is 0 Å². The number of hydrogen-bond acceptors (Lipinski definition) is 3. The molecule has 0 fully saturated rings. The Hall–Kier alpha value is -5.87. The fourth-order valence-electron chi connectivity index (χ4n) is 7.51. The van der Waals surface area contributed by atoms with Gasteiger partial charge in [-0.05, 0) is 53.6 Å². The molecule has 2 unspecified atom stereocenters. The van der Waals surface area contributed by atoms with Crippen molar-refractivity contribution in [2.75, 3.05) is 4.90 Å².